The predicted octanol–water partition coefficient (Wildman–Crippen LogP) is 6.75. The Balaban J connectivity index is -0.0000000133. The summed E-state index contributed by atoms with van der Waals surface area (Å²) in [5.41, 5.74) is 11.5. The van der Waals surface area contributed by atoms with Gasteiger partial charge < -0.3 is 65.6 Å². The average Bonchev–Trinajstić information content (AvgIpc) is 2.48. The van der Waals surface area contributed by atoms with Gasteiger partial charge in [-0.3, -0.25) is 0 Å². The van der Waals surface area contributed by atoms with Gasteiger partial charge in [-0.05, 0) is 6.08 Å². The van der Waals surface area contributed by atoms with Crippen molar-refractivity contribution in [3.8, 4) is 0 Å². The van der Waals surface area contributed by atoms with Gasteiger partial charge in [0.15, 0.2) is 0 Å². The number of rotatable bonds is 0. The molecule has 0 saturated carbocycles. The molecule has 0 aromatic rings. The minimum atomic E-state index is 0. The maximum absolute atomic E-state index is 7.25. The molecule has 2 aliphatic rings. The standard InChI is InChI=1S/2C6H7.6CH3.2NO.2W/c2*1-2-4-6-5-3-1;;;;;;;2*1-2;;/h2*1-5H,6H2;6*1H3;;;;/q2*+1;8*-1;;. The van der Waals surface area contributed by atoms with Crippen LogP contribution in [0, 0.1) is 67.2 Å². The number of nitroso groups, excluding NO2 is 2. The van der Waals surface area contributed by atoms with E-state index in [1.165, 1.54) is 0 Å². The van der Waals surface area contributed by atoms with Crippen molar-refractivity contribution < 1.29 is 42.1 Å². The van der Waals surface area contributed by atoms with Crippen molar-refractivity contribution in [1.82, 2.24) is 0 Å². The van der Waals surface area contributed by atoms with E-state index in [4.69, 9.17) is 21.0 Å². The largest absolute Gasteiger partial charge is 0.577 e. The van der Waals surface area contributed by atoms with Gasteiger partial charge in [-0.1, -0.05) is 0 Å². The van der Waals surface area contributed by atoms with Crippen LogP contribution >= 0.6 is 0 Å². The van der Waals surface area contributed by atoms with Crippen LogP contribution in [-0.2, 0) is 42.1 Å². The van der Waals surface area contributed by atoms with Gasteiger partial charge in [0, 0.05) is 85.4 Å². The van der Waals surface area contributed by atoms with E-state index >= 15 is 0 Å². The zero-order valence-corrected chi connectivity index (χ0v) is 21.6. The fourth-order valence-corrected chi connectivity index (χ4v) is 0.914. The first-order valence-corrected chi connectivity index (χ1v) is 4.66. The van der Waals surface area contributed by atoms with Crippen LogP contribution in [0.5, 0.6) is 0 Å². The molecule has 2 rings (SSSR count). The molecule has 144 valence electrons. The van der Waals surface area contributed by atoms with E-state index in [2.05, 4.69) is 49.0 Å². The fraction of sp³-hybridized carbons (Fsp3) is 0.111. The van der Waals surface area contributed by atoms with Gasteiger partial charge >= 0.3 is 0 Å². The second kappa shape index (κ2) is 79.3. The van der Waals surface area contributed by atoms with Crippen LogP contribution < -0.4 is 0 Å². The van der Waals surface area contributed by atoms with Gasteiger partial charge in [0.1, 0.15) is 0 Å². The Hall–Kier alpha value is -0.723. The van der Waals surface area contributed by atoms with Crippen LogP contribution in [0.1, 0.15) is 12.8 Å². The Bertz CT molecular complexity index is 223. The van der Waals surface area contributed by atoms with Crippen molar-refractivity contribution in [2.24, 2.45) is 0 Å². The molecule has 0 heterocycles. The molecule has 0 unspecified atom stereocenters. The van der Waals surface area contributed by atoms with Crippen LogP contribution in [-0.4, -0.2) is 0 Å². The Morgan fingerprint density at radius 2 is 1.04 bits per heavy atom. The van der Waals surface area contributed by atoms with E-state index in [0.717, 1.165) is 12.8 Å². The molecule has 0 bridgehead atoms. The molecule has 0 fully saturated rings. The minimum absolute atomic E-state index is 0. The Kier molecular flexibility index (Phi) is 217. The number of allylic oxidation sites excluding steroid dienone is 8. The zero-order chi connectivity index (χ0) is 12.5. The van der Waals surface area contributed by atoms with Crippen molar-refractivity contribution in [3.05, 3.63) is 127 Å². The first-order chi connectivity index (χ1) is 8.00. The molecule has 0 atom stereocenters. The normalized spacial score (nSPS) is 9.00. The molecule has 0 amide bonds. The van der Waals surface area contributed by atoms with E-state index in [1.54, 1.807) is 0 Å². The molecule has 0 aliphatic heterocycles. The SMILES string of the molecule is C1=CCC=C[CH+]1.C1=C[CH+]CC=C1.[CH3-].[CH3-].[CH3-].[CH3-].[CH3-].[CH3-].[N-]=O.[N-]=O.[W].[W]. The predicted molar refractivity (Wildman–Crippen MR) is 106 cm³/mol. The second-order valence-electron chi connectivity index (χ2n) is 2.57. The Labute approximate surface area is 181 Å². The minimum Gasteiger partial charge on any atom is -0.577 e. The van der Waals surface area contributed by atoms with Crippen molar-refractivity contribution in [3.63, 3.8) is 0 Å². The van der Waals surface area contributed by atoms with Gasteiger partial charge in [-0.25, -0.2) is 0 Å². The maximum Gasteiger partial charge on any atom is 0.0943 e. The van der Waals surface area contributed by atoms with Crippen molar-refractivity contribution in [1.29, 1.82) is 0 Å². The maximum atomic E-state index is 7.25. The fourth-order valence-electron chi connectivity index (χ4n) is 0.914. The number of nitrogens with zero attached hydrogens (tertiary/aromatic N) is 2. The molecule has 0 N–H and O–H groups in total. The van der Waals surface area contributed by atoms with Crippen LogP contribution in [0.3, 0.4) is 0 Å². The third-order valence-corrected chi connectivity index (χ3v) is 1.53. The van der Waals surface area contributed by atoms with Crippen LogP contribution in [0.25, 0.3) is 11.2 Å². The van der Waals surface area contributed by atoms with E-state index in [1.807, 2.05) is 12.5 Å². The number of hydrogen-bond donors (Lipinski definition) is 0. The van der Waals surface area contributed by atoms with E-state index in [-0.39, 0.29) is 86.7 Å². The third-order valence-electron chi connectivity index (χ3n) is 1.53. The first-order valence-electron chi connectivity index (χ1n) is 4.66. The molecule has 24 heavy (non-hydrogen) atoms. The van der Waals surface area contributed by atoms with Crippen molar-refractivity contribution >= 4 is 0 Å². The van der Waals surface area contributed by atoms with Gasteiger partial charge in [-0.2, -0.15) is 0 Å². The van der Waals surface area contributed by atoms with Crippen molar-refractivity contribution in [2.75, 3.05) is 0 Å². The monoisotopic (exact) mass is 676 g/mol. The molecule has 0 aromatic carbocycles. The topological polar surface area (TPSA) is 78.7 Å². The Morgan fingerprint density at radius 1 is 0.625 bits per heavy atom. The molecule has 0 aromatic heterocycles. The van der Waals surface area contributed by atoms with Gasteiger partial charge in [0.2, 0.25) is 0 Å². The zero-order valence-electron chi connectivity index (χ0n) is 15.7. The van der Waals surface area contributed by atoms with E-state index in [9.17, 15) is 0 Å². The molecular formula is C18H32N2O2W2-6. The summed E-state index contributed by atoms with van der Waals surface area (Å²) in [4.78, 5) is 14.5. The molecule has 6 heteroatoms. The summed E-state index contributed by atoms with van der Waals surface area (Å²) >= 11 is 0. The van der Waals surface area contributed by atoms with Gasteiger partial charge in [-0.15, -0.1) is 0 Å². The van der Waals surface area contributed by atoms with Gasteiger partial charge in [0.05, 0.1) is 25.0 Å². The summed E-state index contributed by atoms with van der Waals surface area (Å²) < 4.78 is 0. The number of hydrogen-bond acceptors (Lipinski definition) is 2. The summed E-state index contributed by atoms with van der Waals surface area (Å²) in [7, 11) is 0. The van der Waals surface area contributed by atoms with E-state index < -0.39 is 0 Å². The molecule has 0 radical (unpaired) electrons. The van der Waals surface area contributed by atoms with Crippen molar-refractivity contribution in [2.45, 2.75) is 12.8 Å². The van der Waals surface area contributed by atoms with Gasteiger partial charge in [0.25, 0.3) is 0 Å². The quantitative estimate of drug-likeness (QED) is 0.266. The second-order valence-corrected chi connectivity index (χ2v) is 2.57. The summed E-state index contributed by atoms with van der Waals surface area (Å²) in [5, 5.41) is 0. The van der Waals surface area contributed by atoms with Crippen LogP contribution in [0.2, 0.25) is 0 Å². The molecular weight excluding hydrogens is 644 g/mol. The Morgan fingerprint density at radius 3 is 1.12 bits per heavy atom. The summed E-state index contributed by atoms with van der Waals surface area (Å²) in [6.45, 7) is 0. The van der Waals surface area contributed by atoms with Crippen LogP contribution in [0.4, 0.5) is 0 Å². The molecule has 0 saturated heterocycles. The molecule has 4 nitrogen and oxygen atoms in total. The summed E-state index contributed by atoms with van der Waals surface area (Å²) in [5.74, 6) is 0. The molecule has 2 aliphatic carbocycles. The summed E-state index contributed by atoms with van der Waals surface area (Å²) in [6.07, 6.45) is 23.0. The van der Waals surface area contributed by atoms with E-state index in [0.29, 0.717) is 0 Å². The average molecular weight is 676 g/mol. The molecule has 0 spiro atoms. The first kappa shape index (κ1) is 65.5. The third kappa shape index (κ3) is 68.8. The smallest absolute Gasteiger partial charge is 0.0943 e. The van der Waals surface area contributed by atoms with Crippen LogP contribution in [0.15, 0.2) is 48.6 Å². The summed E-state index contributed by atoms with van der Waals surface area (Å²) in [6, 6.07) is 0.